The van der Waals surface area contributed by atoms with Crippen LogP contribution >= 0.6 is 0 Å². The topological polar surface area (TPSA) is 55.6 Å². The van der Waals surface area contributed by atoms with E-state index in [4.69, 9.17) is 10.5 Å². The van der Waals surface area contributed by atoms with E-state index in [1.807, 2.05) is 11.8 Å². The maximum absolute atomic E-state index is 12.5. The van der Waals surface area contributed by atoms with Crippen LogP contribution in [-0.2, 0) is 9.53 Å². The summed E-state index contributed by atoms with van der Waals surface area (Å²) >= 11 is 0. The molecule has 2 N–H and O–H groups in total. The van der Waals surface area contributed by atoms with E-state index < -0.39 is 0 Å². The van der Waals surface area contributed by atoms with Crippen LogP contribution < -0.4 is 5.73 Å². The summed E-state index contributed by atoms with van der Waals surface area (Å²) in [5, 5.41) is 0. The molecule has 2 heterocycles. The van der Waals surface area contributed by atoms with Crippen LogP contribution in [0.5, 0.6) is 0 Å². The van der Waals surface area contributed by atoms with Gasteiger partial charge in [0.1, 0.15) is 0 Å². The van der Waals surface area contributed by atoms with Gasteiger partial charge >= 0.3 is 0 Å². The van der Waals surface area contributed by atoms with Crippen LogP contribution in [0.4, 0.5) is 0 Å². The number of amides is 1. The van der Waals surface area contributed by atoms with Crippen molar-refractivity contribution in [2.75, 3.05) is 19.8 Å². The maximum atomic E-state index is 12.5. The van der Waals surface area contributed by atoms with E-state index in [1.165, 1.54) is 6.42 Å². The molecule has 0 aromatic rings. The lowest BCUT2D eigenvalue weighted by molar-refractivity contribution is -0.144. The van der Waals surface area contributed by atoms with Gasteiger partial charge in [-0.3, -0.25) is 4.79 Å². The largest absolute Gasteiger partial charge is 0.381 e. The Morgan fingerprint density at radius 1 is 1.35 bits per heavy atom. The molecule has 3 atom stereocenters. The minimum atomic E-state index is 0.0723. The highest BCUT2D eigenvalue weighted by atomic mass is 16.5. The van der Waals surface area contributed by atoms with Gasteiger partial charge in [0.2, 0.25) is 5.91 Å². The summed E-state index contributed by atoms with van der Waals surface area (Å²) < 4.78 is 5.41. The number of piperidine rings is 1. The summed E-state index contributed by atoms with van der Waals surface area (Å²) in [4.78, 5) is 14.5. The maximum Gasteiger partial charge on any atom is 0.228 e. The molecule has 0 radical (unpaired) electrons. The molecule has 0 saturated carbocycles. The molecule has 0 aromatic heterocycles. The van der Waals surface area contributed by atoms with Gasteiger partial charge in [-0.2, -0.15) is 0 Å². The third-order valence-electron chi connectivity index (χ3n) is 3.95. The first-order valence-corrected chi connectivity index (χ1v) is 6.84. The summed E-state index contributed by atoms with van der Waals surface area (Å²) in [7, 11) is 0. The summed E-state index contributed by atoms with van der Waals surface area (Å²) in [5.41, 5.74) is 6.00. The summed E-state index contributed by atoms with van der Waals surface area (Å²) in [6.45, 7) is 4.29. The first-order chi connectivity index (χ1) is 8.20. The van der Waals surface area contributed by atoms with Gasteiger partial charge in [-0.05, 0) is 39.0 Å². The van der Waals surface area contributed by atoms with Crippen molar-refractivity contribution in [3.05, 3.63) is 0 Å². The summed E-state index contributed by atoms with van der Waals surface area (Å²) in [6, 6.07) is 0.307. The first kappa shape index (κ1) is 12.8. The van der Waals surface area contributed by atoms with Crippen LogP contribution in [0.25, 0.3) is 0 Å². The van der Waals surface area contributed by atoms with Gasteiger partial charge in [0.05, 0.1) is 12.5 Å². The molecule has 4 heteroatoms. The Morgan fingerprint density at radius 3 is 2.82 bits per heavy atom. The van der Waals surface area contributed by atoms with Crippen LogP contribution in [0.15, 0.2) is 0 Å². The fourth-order valence-corrected chi connectivity index (χ4v) is 2.95. The molecule has 0 aliphatic carbocycles. The van der Waals surface area contributed by atoms with Gasteiger partial charge in [0, 0.05) is 25.2 Å². The van der Waals surface area contributed by atoms with Crippen LogP contribution in [0.3, 0.4) is 0 Å². The Labute approximate surface area is 103 Å². The van der Waals surface area contributed by atoms with Gasteiger partial charge < -0.3 is 15.4 Å². The first-order valence-electron chi connectivity index (χ1n) is 6.84. The van der Waals surface area contributed by atoms with Crippen molar-refractivity contribution in [2.45, 2.75) is 51.1 Å². The molecule has 2 aliphatic rings. The lowest BCUT2D eigenvalue weighted by Gasteiger charge is -2.40. The Balaban J connectivity index is 1.99. The van der Waals surface area contributed by atoms with E-state index in [0.29, 0.717) is 6.61 Å². The highest BCUT2D eigenvalue weighted by molar-refractivity contribution is 5.79. The fourth-order valence-electron chi connectivity index (χ4n) is 2.95. The smallest absolute Gasteiger partial charge is 0.228 e. The molecular formula is C13H24N2O2. The van der Waals surface area contributed by atoms with E-state index in [0.717, 1.165) is 38.8 Å². The molecule has 1 amide bonds. The Bertz CT molecular complexity index is 262. The number of hydrogen-bond acceptors (Lipinski definition) is 3. The zero-order valence-electron chi connectivity index (χ0n) is 10.7. The molecule has 4 nitrogen and oxygen atoms in total. The highest BCUT2D eigenvalue weighted by Crippen LogP contribution is 2.24. The molecule has 0 spiro atoms. The van der Waals surface area contributed by atoms with E-state index in [2.05, 4.69) is 0 Å². The second kappa shape index (κ2) is 5.83. The molecule has 17 heavy (non-hydrogen) atoms. The minimum absolute atomic E-state index is 0.0723. The second-order valence-electron chi connectivity index (χ2n) is 5.37. The van der Waals surface area contributed by atoms with E-state index in [1.54, 1.807) is 0 Å². The zero-order chi connectivity index (χ0) is 12.3. The number of ether oxygens (including phenoxy) is 1. The van der Waals surface area contributed by atoms with E-state index in [-0.39, 0.29) is 23.9 Å². The van der Waals surface area contributed by atoms with Crippen molar-refractivity contribution in [1.82, 2.24) is 4.90 Å². The number of rotatable bonds is 2. The molecule has 2 fully saturated rings. The Morgan fingerprint density at radius 2 is 2.18 bits per heavy atom. The monoisotopic (exact) mass is 240 g/mol. The van der Waals surface area contributed by atoms with E-state index >= 15 is 0 Å². The van der Waals surface area contributed by atoms with Crippen molar-refractivity contribution in [2.24, 2.45) is 11.7 Å². The van der Waals surface area contributed by atoms with Crippen molar-refractivity contribution < 1.29 is 9.53 Å². The number of nitrogens with two attached hydrogens (primary N) is 1. The lowest BCUT2D eigenvalue weighted by Crippen LogP contribution is -2.54. The van der Waals surface area contributed by atoms with Crippen molar-refractivity contribution in [1.29, 1.82) is 0 Å². The molecule has 98 valence electrons. The molecule has 0 bridgehead atoms. The Hall–Kier alpha value is -0.610. The number of nitrogens with zero attached hydrogens (tertiary/aromatic N) is 1. The fraction of sp³-hybridized carbons (Fsp3) is 0.923. The zero-order valence-corrected chi connectivity index (χ0v) is 10.7. The van der Waals surface area contributed by atoms with Crippen molar-refractivity contribution in [3.63, 3.8) is 0 Å². The molecule has 3 unspecified atom stereocenters. The quantitative estimate of drug-likeness (QED) is 0.787. The third kappa shape index (κ3) is 2.99. The number of carbonyl (C=O) groups is 1. The minimum Gasteiger partial charge on any atom is -0.381 e. The van der Waals surface area contributed by atoms with E-state index in [9.17, 15) is 4.79 Å². The van der Waals surface area contributed by atoms with Gasteiger partial charge in [0.15, 0.2) is 0 Å². The number of carbonyl (C=O) groups excluding carboxylic acids is 1. The molecule has 0 aromatic carbocycles. The summed E-state index contributed by atoms with van der Waals surface area (Å²) in [5.74, 6) is 0.342. The van der Waals surface area contributed by atoms with Crippen molar-refractivity contribution >= 4 is 5.91 Å². The molecule has 2 aliphatic heterocycles. The van der Waals surface area contributed by atoms with Crippen LogP contribution in [0.2, 0.25) is 0 Å². The third-order valence-corrected chi connectivity index (χ3v) is 3.95. The average Bonchev–Trinajstić information content (AvgIpc) is 2.39. The van der Waals surface area contributed by atoms with Crippen LogP contribution in [0.1, 0.15) is 39.0 Å². The SMILES string of the molecule is CC(N)C1CCCCN1C(=O)C1CCCOC1. The van der Waals surface area contributed by atoms with Gasteiger partial charge in [-0.1, -0.05) is 0 Å². The molecular weight excluding hydrogens is 216 g/mol. The summed E-state index contributed by atoms with van der Waals surface area (Å²) in [6.07, 6.45) is 5.34. The predicted octanol–water partition coefficient (Wildman–Crippen LogP) is 1.14. The second-order valence-corrected chi connectivity index (χ2v) is 5.37. The van der Waals surface area contributed by atoms with Gasteiger partial charge in [0.25, 0.3) is 0 Å². The molecule has 2 saturated heterocycles. The number of likely N-dealkylation sites (tertiary alicyclic amines) is 1. The van der Waals surface area contributed by atoms with Gasteiger partial charge in [-0.15, -0.1) is 0 Å². The highest BCUT2D eigenvalue weighted by Gasteiger charge is 2.33. The standard InChI is InChI=1S/C13H24N2O2/c1-10(14)12-6-2-3-7-15(12)13(16)11-5-4-8-17-9-11/h10-12H,2-9,14H2,1H3. The molecule has 2 rings (SSSR count). The van der Waals surface area contributed by atoms with Gasteiger partial charge in [-0.25, -0.2) is 0 Å². The number of hydrogen-bond donors (Lipinski definition) is 1. The van der Waals surface area contributed by atoms with Crippen LogP contribution in [-0.4, -0.2) is 42.6 Å². The van der Waals surface area contributed by atoms with Crippen molar-refractivity contribution in [3.8, 4) is 0 Å². The average molecular weight is 240 g/mol. The normalized spacial score (nSPS) is 32.2. The Kier molecular flexibility index (Phi) is 4.40. The lowest BCUT2D eigenvalue weighted by atomic mass is 9.93. The predicted molar refractivity (Wildman–Crippen MR) is 66.5 cm³/mol. The van der Waals surface area contributed by atoms with Crippen LogP contribution in [0, 0.1) is 5.92 Å².